The number of fused-ring (bicyclic) bond motifs is 1. The number of hydrogen-bond acceptors (Lipinski definition) is 6. The number of carbonyl (C=O) groups excluding carboxylic acids is 1. The first-order chi connectivity index (χ1) is 16.3. The van der Waals surface area contributed by atoms with Gasteiger partial charge in [0.05, 0.1) is 27.3 Å². The van der Waals surface area contributed by atoms with Crippen molar-refractivity contribution in [3.05, 3.63) is 97.8 Å². The average Bonchev–Trinajstić information content (AvgIpc) is 2.81. The second-order valence-corrected chi connectivity index (χ2v) is 8.85. The number of aryl methyl sites for hydroxylation is 3. The molecule has 0 saturated carbocycles. The van der Waals surface area contributed by atoms with Gasteiger partial charge >= 0.3 is 0 Å². The van der Waals surface area contributed by atoms with E-state index in [2.05, 4.69) is 10.3 Å². The number of rotatable bonds is 6. The molecule has 0 spiro atoms. The topological polar surface area (TPSA) is 107 Å². The number of para-hydroxylation sites is 2. The van der Waals surface area contributed by atoms with Crippen molar-refractivity contribution in [3.8, 4) is 5.69 Å². The van der Waals surface area contributed by atoms with Crippen LogP contribution in [-0.2, 0) is 4.79 Å². The Bertz CT molecular complexity index is 1500. The van der Waals surface area contributed by atoms with Gasteiger partial charge in [0.25, 0.3) is 11.2 Å². The maximum Gasteiger partial charge on any atom is 0.293 e. The summed E-state index contributed by atoms with van der Waals surface area (Å²) in [6.07, 6.45) is 0. The van der Waals surface area contributed by atoms with E-state index < -0.39 is 10.8 Å². The number of amides is 1. The van der Waals surface area contributed by atoms with Gasteiger partial charge in [-0.15, -0.1) is 0 Å². The molecule has 0 atom stereocenters. The summed E-state index contributed by atoms with van der Waals surface area (Å²) in [7, 11) is 0. The van der Waals surface area contributed by atoms with E-state index in [0.29, 0.717) is 27.3 Å². The minimum atomic E-state index is -0.529. The van der Waals surface area contributed by atoms with Gasteiger partial charge in [-0.05, 0) is 55.7 Å². The highest BCUT2D eigenvalue weighted by Gasteiger charge is 2.20. The van der Waals surface area contributed by atoms with Gasteiger partial charge < -0.3 is 5.32 Å². The summed E-state index contributed by atoms with van der Waals surface area (Å²) in [5, 5.41) is 14.9. The number of anilines is 1. The molecule has 9 heteroatoms. The Morgan fingerprint density at radius 2 is 1.82 bits per heavy atom. The van der Waals surface area contributed by atoms with Gasteiger partial charge in [-0.1, -0.05) is 48.2 Å². The van der Waals surface area contributed by atoms with Crippen molar-refractivity contribution in [2.75, 3.05) is 11.1 Å². The molecule has 0 saturated heterocycles. The van der Waals surface area contributed by atoms with Crippen LogP contribution < -0.4 is 10.9 Å². The van der Waals surface area contributed by atoms with Crippen molar-refractivity contribution in [1.29, 1.82) is 0 Å². The van der Waals surface area contributed by atoms with Gasteiger partial charge in [0.1, 0.15) is 5.69 Å². The van der Waals surface area contributed by atoms with Crippen molar-refractivity contribution < 1.29 is 9.72 Å². The molecule has 0 fully saturated rings. The maximum atomic E-state index is 13.4. The Hall–Kier alpha value is -3.98. The van der Waals surface area contributed by atoms with Crippen LogP contribution in [0.2, 0.25) is 0 Å². The van der Waals surface area contributed by atoms with E-state index >= 15 is 0 Å². The molecular formula is C25H22N4O4S. The molecule has 1 amide bonds. The molecule has 1 N–H and O–H groups in total. The third-order valence-electron chi connectivity index (χ3n) is 5.39. The molecule has 0 aliphatic rings. The molecule has 172 valence electrons. The fourth-order valence-electron chi connectivity index (χ4n) is 3.65. The number of benzene rings is 3. The van der Waals surface area contributed by atoms with Gasteiger partial charge in [-0.3, -0.25) is 24.3 Å². The molecule has 1 aromatic heterocycles. The molecule has 8 nitrogen and oxygen atoms in total. The normalized spacial score (nSPS) is 10.9. The lowest BCUT2D eigenvalue weighted by atomic mass is 10.1. The first-order valence-corrected chi connectivity index (χ1v) is 11.5. The zero-order chi connectivity index (χ0) is 24.4. The van der Waals surface area contributed by atoms with Crippen LogP contribution in [0, 0.1) is 30.9 Å². The first kappa shape index (κ1) is 23.2. The number of nitro groups is 1. The Morgan fingerprint density at radius 3 is 2.59 bits per heavy atom. The molecule has 4 rings (SSSR count). The molecule has 1 heterocycles. The second-order valence-electron chi connectivity index (χ2n) is 7.91. The first-order valence-electron chi connectivity index (χ1n) is 10.5. The smallest absolute Gasteiger partial charge is 0.293 e. The van der Waals surface area contributed by atoms with Gasteiger partial charge in [0, 0.05) is 6.07 Å². The van der Waals surface area contributed by atoms with Gasteiger partial charge in [0.2, 0.25) is 5.91 Å². The van der Waals surface area contributed by atoms with Crippen molar-refractivity contribution in [2.45, 2.75) is 25.9 Å². The fourth-order valence-corrected chi connectivity index (χ4v) is 4.46. The second kappa shape index (κ2) is 9.48. The summed E-state index contributed by atoms with van der Waals surface area (Å²) in [6, 6.07) is 17.5. The lowest BCUT2D eigenvalue weighted by Crippen LogP contribution is -2.23. The number of hydrogen-bond donors (Lipinski definition) is 1. The lowest BCUT2D eigenvalue weighted by Gasteiger charge is -2.16. The molecule has 0 aliphatic carbocycles. The molecule has 0 unspecified atom stereocenters. The highest BCUT2D eigenvalue weighted by atomic mass is 32.2. The van der Waals surface area contributed by atoms with E-state index in [1.165, 1.54) is 10.6 Å². The minimum Gasteiger partial charge on any atom is -0.319 e. The number of nitrogens with zero attached hydrogens (tertiary/aromatic N) is 3. The Morgan fingerprint density at radius 1 is 1.06 bits per heavy atom. The van der Waals surface area contributed by atoms with Crippen LogP contribution in [0.3, 0.4) is 0 Å². The number of aromatic nitrogens is 2. The SMILES string of the molecule is Cc1ccc(C)c(-n2c(SCC(=O)Nc3c(C)cccc3[N+](=O)[O-])nc3ccccc3c2=O)c1. The third kappa shape index (κ3) is 4.55. The average molecular weight is 475 g/mol. The number of thioether (sulfide) groups is 1. The molecule has 0 bridgehead atoms. The van der Waals surface area contributed by atoms with Gasteiger partial charge in [-0.2, -0.15) is 0 Å². The van der Waals surface area contributed by atoms with Crippen LogP contribution in [0.5, 0.6) is 0 Å². The largest absolute Gasteiger partial charge is 0.319 e. The molecule has 0 radical (unpaired) electrons. The van der Waals surface area contributed by atoms with Gasteiger partial charge in [-0.25, -0.2) is 4.98 Å². The van der Waals surface area contributed by atoms with Crippen LogP contribution in [0.1, 0.15) is 16.7 Å². The van der Waals surface area contributed by atoms with Crippen LogP contribution in [0.25, 0.3) is 16.6 Å². The Labute approximate surface area is 199 Å². The number of nitro benzene ring substituents is 1. The molecular weight excluding hydrogens is 452 g/mol. The Balaban J connectivity index is 1.71. The van der Waals surface area contributed by atoms with E-state index in [1.54, 1.807) is 43.3 Å². The summed E-state index contributed by atoms with van der Waals surface area (Å²) in [5.74, 6) is -0.515. The van der Waals surface area contributed by atoms with Crippen LogP contribution in [0.15, 0.2) is 70.6 Å². The van der Waals surface area contributed by atoms with Crippen molar-refractivity contribution in [1.82, 2.24) is 9.55 Å². The number of carbonyl (C=O) groups is 1. The monoisotopic (exact) mass is 474 g/mol. The van der Waals surface area contributed by atoms with E-state index in [1.807, 2.05) is 32.0 Å². The maximum absolute atomic E-state index is 13.4. The predicted molar refractivity (Wildman–Crippen MR) is 134 cm³/mol. The van der Waals surface area contributed by atoms with Crippen molar-refractivity contribution >= 4 is 39.9 Å². The van der Waals surface area contributed by atoms with Gasteiger partial charge in [0.15, 0.2) is 5.16 Å². The quantitative estimate of drug-likeness (QED) is 0.183. The van der Waals surface area contributed by atoms with Crippen molar-refractivity contribution in [2.24, 2.45) is 0 Å². The summed E-state index contributed by atoms with van der Waals surface area (Å²) < 4.78 is 1.53. The van der Waals surface area contributed by atoms with E-state index in [9.17, 15) is 19.7 Å². The highest BCUT2D eigenvalue weighted by molar-refractivity contribution is 7.99. The Kier molecular flexibility index (Phi) is 6.47. The van der Waals surface area contributed by atoms with Crippen LogP contribution in [-0.4, -0.2) is 26.1 Å². The number of nitrogens with one attached hydrogen (secondary N) is 1. The summed E-state index contributed by atoms with van der Waals surface area (Å²) in [5.41, 5.74) is 3.46. The summed E-state index contributed by atoms with van der Waals surface area (Å²) in [4.78, 5) is 41.7. The summed E-state index contributed by atoms with van der Waals surface area (Å²) in [6.45, 7) is 5.55. The molecule has 34 heavy (non-hydrogen) atoms. The lowest BCUT2D eigenvalue weighted by molar-refractivity contribution is -0.384. The van der Waals surface area contributed by atoms with E-state index in [0.717, 1.165) is 22.9 Å². The molecule has 3 aromatic carbocycles. The van der Waals surface area contributed by atoms with Crippen LogP contribution >= 0.6 is 11.8 Å². The van der Waals surface area contributed by atoms with E-state index in [-0.39, 0.29) is 22.7 Å². The van der Waals surface area contributed by atoms with Crippen molar-refractivity contribution in [3.63, 3.8) is 0 Å². The summed E-state index contributed by atoms with van der Waals surface area (Å²) >= 11 is 1.10. The highest BCUT2D eigenvalue weighted by Crippen LogP contribution is 2.29. The zero-order valence-corrected chi connectivity index (χ0v) is 19.7. The standard InChI is InChI=1S/C25H22N4O4S/c1-15-11-12-16(2)21(13-15)28-24(31)18-8-4-5-9-19(18)26-25(28)34-14-22(30)27-23-17(3)7-6-10-20(23)29(32)33/h4-13H,14H2,1-3H3,(H,27,30). The third-order valence-corrected chi connectivity index (χ3v) is 6.33. The fraction of sp³-hybridized carbons (Fsp3) is 0.160. The molecule has 4 aromatic rings. The van der Waals surface area contributed by atoms with E-state index in [4.69, 9.17) is 0 Å². The van der Waals surface area contributed by atoms with Crippen LogP contribution in [0.4, 0.5) is 11.4 Å². The predicted octanol–water partition coefficient (Wildman–Crippen LogP) is 4.95. The molecule has 0 aliphatic heterocycles. The minimum absolute atomic E-state index is 0.0822. The zero-order valence-electron chi connectivity index (χ0n) is 18.9.